The first-order chi connectivity index (χ1) is 16.4. The molecule has 10 heteroatoms. The van der Waals surface area contributed by atoms with Crippen molar-refractivity contribution in [2.75, 3.05) is 37.6 Å². The second-order valence-electron chi connectivity index (χ2n) is 10.9. The highest BCUT2D eigenvalue weighted by Gasteiger charge is 2.33. The third kappa shape index (κ3) is 7.56. The molecule has 2 fully saturated rings. The third-order valence-corrected chi connectivity index (χ3v) is 7.82. The summed E-state index contributed by atoms with van der Waals surface area (Å²) in [5.74, 6) is 0.181. The van der Waals surface area contributed by atoms with Crippen molar-refractivity contribution in [2.24, 2.45) is 11.8 Å². The van der Waals surface area contributed by atoms with Gasteiger partial charge < -0.3 is 25.0 Å². The Hall–Kier alpha value is -2.36. The zero-order valence-electron chi connectivity index (χ0n) is 21.6. The number of piperidine rings is 2. The largest absolute Gasteiger partial charge is 0.481 e. The van der Waals surface area contributed by atoms with Crippen LogP contribution in [0.15, 0.2) is 0 Å². The summed E-state index contributed by atoms with van der Waals surface area (Å²) in [6.07, 6.45) is 3.87. The molecule has 0 aromatic carbocycles. The Kier molecular flexibility index (Phi) is 9.01. The van der Waals surface area contributed by atoms with Crippen LogP contribution >= 0.6 is 11.3 Å². The molecule has 196 valence electrons. The predicted molar refractivity (Wildman–Crippen MR) is 136 cm³/mol. The fourth-order valence-electron chi connectivity index (χ4n) is 4.81. The molecule has 0 aliphatic carbocycles. The monoisotopic (exact) mass is 508 g/mol. The second-order valence-corrected chi connectivity index (χ2v) is 11.9. The van der Waals surface area contributed by atoms with E-state index in [0.29, 0.717) is 16.7 Å². The summed E-state index contributed by atoms with van der Waals surface area (Å²) in [5.41, 5.74) is 0.305. The number of hydrogen-bond donors (Lipinski definition) is 2. The molecule has 0 unspecified atom stereocenters. The Bertz CT molecular complexity index is 894. The van der Waals surface area contributed by atoms with E-state index in [4.69, 9.17) is 14.8 Å². The number of carboxylic acids is 1. The summed E-state index contributed by atoms with van der Waals surface area (Å²) in [6, 6.07) is 0. The summed E-state index contributed by atoms with van der Waals surface area (Å²) < 4.78 is 5.52. The number of ether oxygens (including phenoxy) is 1. The summed E-state index contributed by atoms with van der Waals surface area (Å²) in [6.45, 7) is 13.1. The van der Waals surface area contributed by atoms with E-state index < -0.39 is 11.6 Å². The van der Waals surface area contributed by atoms with E-state index in [-0.39, 0.29) is 30.9 Å². The molecule has 3 heterocycles. The number of carboxylic acid groups (broad SMARTS) is 1. The maximum Gasteiger partial charge on any atom is 0.410 e. The number of aromatic nitrogens is 1. The van der Waals surface area contributed by atoms with Gasteiger partial charge in [0.05, 0.1) is 12.1 Å². The van der Waals surface area contributed by atoms with Crippen molar-refractivity contribution < 1.29 is 24.2 Å². The average Bonchev–Trinajstić information content (AvgIpc) is 3.24. The molecule has 2 aliphatic heterocycles. The van der Waals surface area contributed by atoms with Gasteiger partial charge in [-0.25, -0.2) is 9.78 Å². The van der Waals surface area contributed by atoms with Crippen LogP contribution < -0.4 is 10.2 Å². The third-order valence-electron chi connectivity index (χ3n) is 6.69. The maximum absolute atomic E-state index is 12.7. The number of nitrogens with zero attached hydrogens (tertiary/aromatic N) is 3. The first kappa shape index (κ1) is 27.2. The van der Waals surface area contributed by atoms with E-state index in [9.17, 15) is 14.4 Å². The summed E-state index contributed by atoms with van der Waals surface area (Å²) in [4.78, 5) is 45.3. The molecule has 0 atom stereocenters. The number of carbonyl (C=O) groups is 3. The van der Waals surface area contributed by atoms with Gasteiger partial charge in [-0.05, 0) is 64.2 Å². The zero-order valence-corrected chi connectivity index (χ0v) is 22.4. The minimum Gasteiger partial charge on any atom is -0.481 e. The van der Waals surface area contributed by atoms with Crippen molar-refractivity contribution in [1.29, 1.82) is 0 Å². The van der Waals surface area contributed by atoms with Crippen molar-refractivity contribution in [3.05, 3.63) is 10.6 Å². The van der Waals surface area contributed by atoms with E-state index in [1.807, 2.05) is 39.5 Å². The molecule has 0 radical (unpaired) electrons. The van der Waals surface area contributed by atoms with Gasteiger partial charge in [0.25, 0.3) is 5.91 Å². The smallest absolute Gasteiger partial charge is 0.410 e. The van der Waals surface area contributed by atoms with Crippen LogP contribution in [-0.4, -0.2) is 71.3 Å². The summed E-state index contributed by atoms with van der Waals surface area (Å²) in [5, 5.41) is 12.4. The van der Waals surface area contributed by atoms with Crippen LogP contribution in [0.5, 0.6) is 0 Å². The Labute approximate surface area is 212 Å². The van der Waals surface area contributed by atoms with Gasteiger partial charge in [-0.1, -0.05) is 25.2 Å². The number of carbonyl (C=O) groups excluding carboxylic acids is 2. The molecule has 2 N–H and O–H groups in total. The number of amides is 2. The predicted octanol–water partition coefficient (Wildman–Crippen LogP) is 4.33. The minimum absolute atomic E-state index is 0.0986. The number of likely N-dealkylation sites (tertiary alicyclic amines) is 1. The van der Waals surface area contributed by atoms with E-state index in [2.05, 4.69) is 10.2 Å². The lowest BCUT2D eigenvalue weighted by Gasteiger charge is -2.40. The van der Waals surface area contributed by atoms with Crippen LogP contribution in [0, 0.1) is 11.8 Å². The fraction of sp³-hybridized carbons (Fsp3) is 0.760. The van der Waals surface area contributed by atoms with Gasteiger partial charge in [-0.3, -0.25) is 9.59 Å². The van der Waals surface area contributed by atoms with Crippen LogP contribution in [0.2, 0.25) is 0 Å². The van der Waals surface area contributed by atoms with Gasteiger partial charge in [0.2, 0.25) is 0 Å². The van der Waals surface area contributed by atoms with E-state index in [0.717, 1.165) is 62.7 Å². The number of hydrogen-bond acceptors (Lipinski definition) is 7. The zero-order chi connectivity index (χ0) is 25.8. The summed E-state index contributed by atoms with van der Waals surface area (Å²) >= 11 is 1.40. The van der Waals surface area contributed by atoms with Crippen LogP contribution in [0.25, 0.3) is 0 Å². The van der Waals surface area contributed by atoms with Crippen LogP contribution in [0.3, 0.4) is 0 Å². The van der Waals surface area contributed by atoms with Crippen molar-refractivity contribution in [3.63, 3.8) is 0 Å². The quantitative estimate of drug-likeness (QED) is 0.564. The van der Waals surface area contributed by atoms with Gasteiger partial charge in [0.1, 0.15) is 10.5 Å². The number of thiazole rings is 1. The molecule has 0 saturated carbocycles. The van der Waals surface area contributed by atoms with E-state index >= 15 is 0 Å². The number of aliphatic carboxylic acids is 1. The molecule has 9 nitrogen and oxygen atoms in total. The highest BCUT2D eigenvalue weighted by Crippen LogP contribution is 2.37. The van der Waals surface area contributed by atoms with E-state index in [1.165, 1.54) is 11.3 Å². The maximum atomic E-state index is 12.7. The van der Waals surface area contributed by atoms with Crippen molar-refractivity contribution >= 4 is 34.4 Å². The lowest BCUT2D eigenvalue weighted by Crippen LogP contribution is -2.44. The van der Waals surface area contributed by atoms with Crippen LogP contribution in [0.1, 0.15) is 88.0 Å². The SMILES string of the molecule is CC(C)c1nc(N2CCC(C3CCN(C(=O)OC(C)(C)C)CC3)CC2)sc1C(=O)NCCC(=O)O. The standard InChI is InChI=1S/C25H40N4O5S/c1-16(2)20-21(22(32)26-11-6-19(30)31)35-23(27-20)28-12-7-17(8-13-28)18-9-14-29(15-10-18)24(33)34-25(3,4)5/h16-18H,6-15H2,1-5H3,(H,26,32)(H,30,31). The molecule has 1 aromatic heterocycles. The second kappa shape index (κ2) is 11.6. The highest BCUT2D eigenvalue weighted by molar-refractivity contribution is 7.17. The Morgan fingerprint density at radius 2 is 1.66 bits per heavy atom. The number of anilines is 1. The van der Waals surface area contributed by atoms with Crippen molar-refractivity contribution in [3.8, 4) is 0 Å². The van der Waals surface area contributed by atoms with Gasteiger partial charge in [-0.15, -0.1) is 0 Å². The lowest BCUT2D eigenvalue weighted by atomic mass is 9.79. The van der Waals surface area contributed by atoms with Crippen molar-refractivity contribution in [2.45, 2.75) is 78.2 Å². The van der Waals surface area contributed by atoms with Gasteiger partial charge in [0.15, 0.2) is 5.13 Å². The van der Waals surface area contributed by atoms with Gasteiger partial charge >= 0.3 is 12.1 Å². The Morgan fingerprint density at radius 3 is 2.17 bits per heavy atom. The molecular formula is C25H40N4O5S. The molecular weight excluding hydrogens is 468 g/mol. The molecule has 0 spiro atoms. The molecule has 2 aliphatic rings. The average molecular weight is 509 g/mol. The molecule has 2 saturated heterocycles. The molecule has 35 heavy (non-hydrogen) atoms. The topological polar surface area (TPSA) is 112 Å². The number of rotatable bonds is 7. The normalized spacial score (nSPS) is 18.1. The minimum atomic E-state index is -0.933. The van der Waals surface area contributed by atoms with Crippen LogP contribution in [-0.2, 0) is 9.53 Å². The lowest BCUT2D eigenvalue weighted by molar-refractivity contribution is -0.136. The van der Waals surface area contributed by atoms with E-state index in [1.54, 1.807) is 0 Å². The molecule has 1 aromatic rings. The fourth-order valence-corrected chi connectivity index (χ4v) is 6.00. The molecule has 0 bridgehead atoms. The molecule has 2 amide bonds. The summed E-state index contributed by atoms with van der Waals surface area (Å²) in [7, 11) is 0. The van der Waals surface area contributed by atoms with Crippen LogP contribution in [0.4, 0.5) is 9.93 Å². The molecule has 3 rings (SSSR count). The van der Waals surface area contributed by atoms with Gasteiger partial charge in [0, 0.05) is 32.7 Å². The highest BCUT2D eigenvalue weighted by atomic mass is 32.1. The van der Waals surface area contributed by atoms with Crippen molar-refractivity contribution in [1.82, 2.24) is 15.2 Å². The van der Waals surface area contributed by atoms with Gasteiger partial charge in [-0.2, -0.15) is 0 Å². The number of nitrogens with one attached hydrogen (secondary N) is 1. The first-order valence-electron chi connectivity index (χ1n) is 12.7. The Balaban J connectivity index is 1.53. The first-order valence-corrected chi connectivity index (χ1v) is 13.5. The Morgan fingerprint density at radius 1 is 1.09 bits per heavy atom.